The first-order valence-electron chi connectivity index (χ1n) is 11.2. The van der Waals surface area contributed by atoms with Crippen LogP contribution in [0, 0.1) is 0 Å². The number of hydrogen-bond donors (Lipinski definition) is 1. The minimum Gasteiger partial charge on any atom is -0.436 e. The fourth-order valence-corrected chi connectivity index (χ4v) is 3.58. The van der Waals surface area contributed by atoms with Gasteiger partial charge in [0.2, 0.25) is 5.89 Å². The van der Waals surface area contributed by atoms with E-state index in [4.69, 9.17) is 9.40 Å². The smallest absolute Gasteiger partial charge is 0.227 e. The fraction of sp³-hybridized carbons (Fsp3) is 0.423. The molecule has 0 unspecified atom stereocenters. The number of rotatable bonds is 13. The van der Waals surface area contributed by atoms with Crippen molar-refractivity contribution in [1.82, 2.24) is 10.3 Å². The van der Waals surface area contributed by atoms with Gasteiger partial charge in [-0.2, -0.15) is 0 Å². The third-order valence-electron chi connectivity index (χ3n) is 5.25. The van der Waals surface area contributed by atoms with Gasteiger partial charge in [0.1, 0.15) is 0 Å². The van der Waals surface area contributed by atoms with Crippen molar-refractivity contribution in [3.8, 4) is 22.8 Å². The molecule has 0 fully saturated rings. The second kappa shape index (κ2) is 12.2. The normalized spacial score (nSPS) is 11.1. The van der Waals surface area contributed by atoms with Crippen molar-refractivity contribution in [2.45, 2.75) is 58.3 Å². The number of unbranched alkanes of at least 4 members (excludes halogenated alkanes) is 6. The number of nitrogens with zero attached hydrogens (tertiary/aromatic N) is 1. The van der Waals surface area contributed by atoms with E-state index in [1.165, 1.54) is 44.9 Å². The molecule has 3 nitrogen and oxygen atoms in total. The summed E-state index contributed by atoms with van der Waals surface area (Å²) in [6, 6.07) is 20.4. The molecule has 1 N–H and O–H groups in total. The van der Waals surface area contributed by atoms with Crippen LogP contribution >= 0.6 is 0 Å². The predicted octanol–water partition coefficient (Wildman–Crippen LogP) is 6.89. The molecule has 0 aliphatic rings. The maximum absolute atomic E-state index is 6.19. The highest BCUT2D eigenvalue weighted by Gasteiger charge is 2.15. The van der Waals surface area contributed by atoms with Crippen LogP contribution in [0.4, 0.5) is 0 Å². The molecule has 29 heavy (non-hydrogen) atoms. The van der Waals surface area contributed by atoms with Crippen molar-refractivity contribution >= 4 is 0 Å². The van der Waals surface area contributed by atoms with E-state index < -0.39 is 0 Å². The summed E-state index contributed by atoms with van der Waals surface area (Å²) < 4.78 is 6.19. The Labute approximate surface area is 175 Å². The van der Waals surface area contributed by atoms with Crippen LogP contribution in [-0.2, 0) is 6.42 Å². The summed E-state index contributed by atoms with van der Waals surface area (Å²) in [7, 11) is 0. The largest absolute Gasteiger partial charge is 0.436 e. The van der Waals surface area contributed by atoms with Crippen LogP contribution in [0.25, 0.3) is 22.8 Å². The molecule has 3 aromatic rings. The standard InChI is InChI=1S/C26H34N2O/c1-2-3-4-5-6-7-14-20-27-21-19-24-25(22-15-10-8-11-16-22)29-26(28-24)23-17-12-9-13-18-23/h8-13,15-18,27H,2-7,14,19-21H2,1H3. The Morgan fingerprint density at radius 3 is 2.03 bits per heavy atom. The number of oxazole rings is 1. The molecule has 0 atom stereocenters. The van der Waals surface area contributed by atoms with E-state index >= 15 is 0 Å². The van der Waals surface area contributed by atoms with Crippen molar-refractivity contribution in [1.29, 1.82) is 0 Å². The van der Waals surface area contributed by atoms with Gasteiger partial charge in [-0.3, -0.25) is 0 Å². The Morgan fingerprint density at radius 1 is 0.724 bits per heavy atom. The van der Waals surface area contributed by atoms with Crippen LogP contribution < -0.4 is 5.32 Å². The first kappa shape index (κ1) is 21.3. The van der Waals surface area contributed by atoms with Gasteiger partial charge in [-0.15, -0.1) is 0 Å². The third kappa shape index (κ3) is 6.86. The monoisotopic (exact) mass is 390 g/mol. The summed E-state index contributed by atoms with van der Waals surface area (Å²) in [5.74, 6) is 1.59. The zero-order valence-corrected chi connectivity index (χ0v) is 17.7. The van der Waals surface area contributed by atoms with Gasteiger partial charge in [0, 0.05) is 24.1 Å². The average molecular weight is 391 g/mol. The summed E-state index contributed by atoms with van der Waals surface area (Å²) in [6.07, 6.45) is 10.3. The zero-order chi connectivity index (χ0) is 20.2. The van der Waals surface area contributed by atoms with E-state index in [1.54, 1.807) is 0 Å². The van der Waals surface area contributed by atoms with Gasteiger partial charge < -0.3 is 9.73 Å². The summed E-state index contributed by atoms with van der Waals surface area (Å²) in [5, 5.41) is 3.58. The van der Waals surface area contributed by atoms with E-state index in [0.29, 0.717) is 5.89 Å². The molecule has 0 aliphatic carbocycles. The SMILES string of the molecule is CCCCCCCCCNCCc1nc(-c2ccccc2)oc1-c1ccccc1. The molecular weight excluding hydrogens is 356 g/mol. The Hall–Kier alpha value is -2.39. The van der Waals surface area contributed by atoms with Crippen molar-refractivity contribution in [2.24, 2.45) is 0 Å². The second-order valence-electron chi connectivity index (χ2n) is 7.65. The van der Waals surface area contributed by atoms with Gasteiger partial charge in [0.25, 0.3) is 0 Å². The Balaban J connectivity index is 1.52. The molecule has 0 spiro atoms. The van der Waals surface area contributed by atoms with Gasteiger partial charge in [-0.1, -0.05) is 94.0 Å². The lowest BCUT2D eigenvalue weighted by molar-refractivity contribution is 0.562. The maximum atomic E-state index is 6.19. The molecular formula is C26H34N2O. The van der Waals surface area contributed by atoms with Gasteiger partial charge >= 0.3 is 0 Å². The van der Waals surface area contributed by atoms with Crippen molar-refractivity contribution in [3.05, 3.63) is 66.4 Å². The number of nitrogens with one attached hydrogen (secondary N) is 1. The van der Waals surface area contributed by atoms with Crippen LogP contribution in [0.5, 0.6) is 0 Å². The summed E-state index contributed by atoms with van der Waals surface area (Å²) in [5.41, 5.74) is 3.14. The number of benzene rings is 2. The first-order valence-corrected chi connectivity index (χ1v) is 11.2. The number of aromatic nitrogens is 1. The molecule has 0 saturated carbocycles. The van der Waals surface area contributed by atoms with Gasteiger partial charge in [-0.25, -0.2) is 4.98 Å². The highest BCUT2D eigenvalue weighted by atomic mass is 16.4. The van der Waals surface area contributed by atoms with E-state index in [9.17, 15) is 0 Å². The predicted molar refractivity (Wildman–Crippen MR) is 122 cm³/mol. The van der Waals surface area contributed by atoms with Crippen LogP contribution in [0.1, 0.15) is 57.6 Å². The molecule has 0 radical (unpaired) electrons. The molecule has 2 aromatic carbocycles. The zero-order valence-electron chi connectivity index (χ0n) is 17.7. The van der Waals surface area contributed by atoms with Gasteiger partial charge in [-0.05, 0) is 25.1 Å². The average Bonchev–Trinajstić information content (AvgIpc) is 3.20. The minimum atomic E-state index is 0.700. The summed E-state index contributed by atoms with van der Waals surface area (Å²) >= 11 is 0. The van der Waals surface area contributed by atoms with Crippen molar-refractivity contribution in [3.63, 3.8) is 0 Å². The van der Waals surface area contributed by atoms with Gasteiger partial charge in [0.05, 0.1) is 5.69 Å². The van der Waals surface area contributed by atoms with E-state index in [-0.39, 0.29) is 0 Å². The summed E-state index contributed by atoms with van der Waals surface area (Å²) in [6.45, 7) is 4.28. The molecule has 154 valence electrons. The van der Waals surface area contributed by atoms with Crippen molar-refractivity contribution < 1.29 is 4.42 Å². The molecule has 0 bridgehead atoms. The summed E-state index contributed by atoms with van der Waals surface area (Å²) in [4.78, 5) is 4.83. The molecule has 3 rings (SSSR count). The van der Waals surface area contributed by atoms with Gasteiger partial charge in [0.15, 0.2) is 5.76 Å². The molecule has 0 aliphatic heterocycles. The molecule has 3 heteroatoms. The third-order valence-corrected chi connectivity index (χ3v) is 5.25. The Bertz CT molecular complexity index is 811. The molecule has 0 amide bonds. The fourth-order valence-electron chi connectivity index (χ4n) is 3.58. The van der Waals surface area contributed by atoms with E-state index in [1.807, 2.05) is 48.5 Å². The van der Waals surface area contributed by atoms with Crippen molar-refractivity contribution in [2.75, 3.05) is 13.1 Å². The maximum Gasteiger partial charge on any atom is 0.227 e. The Morgan fingerprint density at radius 2 is 1.34 bits per heavy atom. The second-order valence-corrected chi connectivity index (χ2v) is 7.65. The van der Waals surface area contributed by atoms with E-state index in [0.717, 1.165) is 42.1 Å². The molecule has 1 aromatic heterocycles. The lowest BCUT2D eigenvalue weighted by Crippen LogP contribution is -2.18. The lowest BCUT2D eigenvalue weighted by Gasteiger charge is -2.05. The molecule has 1 heterocycles. The van der Waals surface area contributed by atoms with E-state index in [2.05, 4.69) is 24.4 Å². The first-order chi connectivity index (χ1) is 14.4. The highest BCUT2D eigenvalue weighted by molar-refractivity contribution is 5.64. The lowest BCUT2D eigenvalue weighted by atomic mass is 10.1. The number of hydrogen-bond acceptors (Lipinski definition) is 3. The topological polar surface area (TPSA) is 38.1 Å². The quantitative estimate of drug-likeness (QED) is 0.323. The minimum absolute atomic E-state index is 0.700. The Kier molecular flexibility index (Phi) is 8.99. The van der Waals surface area contributed by atoms with Crippen LogP contribution in [0.15, 0.2) is 65.1 Å². The van der Waals surface area contributed by atoms with Crippen LogP contribution in [0.3, 0.4) is 0 Å². The molecule has 0 saturated heterocycles. The van der Waals surface area contributed by atoms with Crippen LogP contribution in [-0.4, -0.2) is 18.1 Å². The highest BCUT2D eigenvalue weighted by Crippen LogP contribution is 2.29. The van der Waals surface area contributed by atoms with Crippen LogP contribution in [0.2, 0.25) is 0 Å².